The van der Waals surface area contributed by atoms with E-state index in [1.165, 1.54) is 0 Å². The zero-order valence-electron chi connectivity index (χ0n) is 11.8. The fraction of sp³-hybridized carbons (Fsp3) is 0.333. The molecule has 0 unspecified atom stereocenters. The van der Waals surface area contributed by atoms with Gasteiger partial charge in [-0.3, -0.25) is 0 Å². The van der Waals surface area contributed by atoms with Crippen LogP contribution >= 0.6 is 0 Å². The molecule has 0 aromatic heterocycles. The van der Waals surface area contributed by atoms with E-state index >= 15 is 0 Å². The van der Waals surface area contributed by atoms with Crippen molar-refractivity contribution in [1.82, 2.24) is 0 Å². The molecule has 0 bridgehead atoms. The average Bonchev–Trinajstić information content (AvgIpc) is 2.43. The summed E-state index contributed by atoms with van der Waals surface area (Å²) >= 11 is 0. The second-order valence-corrected chi connectivity index (χ2v) is 4.45. The molecule has 1 aromatic rings. The number of benzene rings is 1. The first-order chi connectivity index (χ1) is 9.51. The molecule has 0 spiro atoms. The molecule has 1 rings (SSSR count). The van der Waals surface area contributed by atoms with E-state index in [-0.39, 0.29) is 5.92 Å². The summed E-state index contributed by atoms with van der Waals surface area (Å²) in [6.07, 6.45) is 2.08. The predicted octanol–water partition coefficient (Wildman–Crippen LogP) is 2.36. The van der Waals surface area contributed by atoms with E-state index in [2.05, 4.69) is 0 Å². The van der Waals surface area contributed by atoms with Gasteiger partial charge in [-0.25, -0.2) is 9.59 Å². The van der Waals surface area contributed by atoms with Gasteiger partial charge in [0, 0.05) is 12.2 Å². The average molecular weight is 278 g/mol. The Kier molecular flexibility index (Phi) is 6.29. The number of rotatable bonds is 6. The number of esters is 2. The van der Waals surface area contributed by atoms with Crippen LogP contribution in [-0.4, -0.2) is 25.7 Å². The second kappa shape index (κ2) is 7.99. The van der Waals surface area contributed by atoms with Crippen LogP contribution in [0.25, 0.3) is 0 Å². The van der Waals surface area contributed by atoms with E-state index in [9.17, 15) is 9.59 Å². The molecule has 0 aliphatic carbocycles. The lowest BCUT2D eigenvalue weighted by atomic mass is 10.2. The highest BCUT2D eigenvalue weighted by Crippen LogP contribution is 2.17. The normalized spacial score (nSPS) is 10.6. The summed E-state index contributed by atoms with van der Waals surface area (Å²) in [5.74, 6) is 0.0780. The van der Waals surface area contributed by atoms with E-state index in [0.717, 1.165) is 12.2 Å². The molecule has 0 radical (unpaired) electrons. The lowest BCUT2D eigenvalue weighted by Crippen LogP contribution is -2.09. The zero-order valence-corrected chi connectivity index (χ0v) is 11.8. The first kappa shape index (κ1) is 15.8. The maximum absolute atomic E-state index is 11.5. The highest BCUT2D eigenvalue weighted by Gasteiger charge is 2.04. The maximum atomic E-state index is 11.5. The fourth-order valence-corrected chi connectivity index (χ4v) is 1.23. The number of carbonyl (C=O) groups is 2. The molecule has 0 saturated heterocycles. The molecule has 5 nitrogen and oxygen atoms in total. The van der Waals surface area contributed by atoms with Crippen LogP contribution < -0.4 is 9.47 Å². The van der Waals surface area contributed by atoms with Gasteiger partial charge < -0.3 is 14.2 Å². The lowest BCUT2D eigenvalue weighted by molar-refractivity contribution is -0.139. The van der Waals surface area contributed by atoms with Crippen LogP contribution in [0.15, 0.2) is 36.4 Å². The molecule has 5 heteroatoms. The molecule has 0 N–H and O–H groups in total. The van der Waals surface area contributed by atoms with Crippen molar-refractivity contribution < 1.29 is 23.8 Å². The van der Waals surface area contributed by atoms with Crippen molar-refractivity contribution in [3.8, 4) is 11.5 Å². The summed E-state index contributed by atoms with van der Waals surface area (Å²) in [5, 5.41) is 0. The van der Waals surface area contributed by atoms with Crippen LogP contribution in [0.1, 0.15) is 13.8 Å². The summed E-state index contributed by atoms with van der Waals surface area (Å²) in [5.41, 5.74) is 0. The van der Waals surface area contributed by atoms with Gasteiger partial charge in [-0.2, -0.15) is 0 Å². The van der Waals surface area contributed by atoms with Crippen molar-refractivity contribution in [2.24, 2.45) is 5.92 Å². The van der Waals surface area contributed by atoms with Crippen molar-refractivity contribution in [1.29, 1.82) is 0 Å². The summed E-state index contributed by atoms with van der Waals surface area (Å²) in [6.45, 7) is 4.17. The van der Waals surface area contributed by atoms with Crippen molar-refractivity contribution in [2.45, 2.75) is 13.8 Å². The van der Waals surface area contributed by atoms with Gasteiger partial charge in [-0.15, -0.1) is 0 Å². The Labute approximate surface area is 118 Å². The smallest absolute Gasteiger partial charge is 0.336 e. The Morgan fingerprint density at radius 2 is 1.60 bits per heavy atom. The highest BCUT2D eigenvalue weighted by molar-refractivity contribution is 5.92. The van der Waals surface area contributed by atoms with Gasteiger partial charge in [-0.1, -0.05) is 13.8 Å². The summed E-state index contributed by atoms with van der Waals surface area (Å²) < 4.78 is 14.9. The van der Waals surface area contributed by atoms with Gasteiger partial charge in [0.1, 0.15) is 11.5 Å². The lowest BCUT2D eigenvalue weighted by Gasteiger charge is -2.04. The van der Waals surface area contributed by atoms with E-state index < -0.39 is 11.9 Å². The third kappa shape index (κ3) is 6.04. The van der Waals surface area contributed by atoms with Gasteiger partial charge in [0.2, 0.25) is 0 Å². The molecule has 0 fully saturated rings. The van der Waals surface area contributed by atoms with E-state index in [1.807, 2.05) is 13.8 Å². The minimum absolute atomic E-state index is 0.249. The predicted molar refractivity (Wildman–Crippen MR) is 73.6 cm³/mol. The summed E-state index contributed by atoms with van der Waals surface area (Å²) in [6, 6.07) is 6.54. The van der Waals surface area contributed by atoms with E-state index in [0.29, 0.717) is 18.1 Å². The zero-order chi connectivity index (χ0) is 15.0. The second-order valence-electron chi connectivity index (χ2n) is 4.45. The first-order valence-electron chi connectivity index (χ1n) is 6.22. The maximum Gasteiger partial charge on any atom is 0.336 e. The van der Waals surface area contributed by atoms with Gasteiger partial charge in [0.25, 0.3) is 0 Å². The van der Waals surface area contributed by atoms with Crippen LogP contribution in [-0.2, 0) is 14.3 Å². The molecular weight excluding hydrogens is 260 g/mol. The van der Waals surface area contributed by atoms with Crippen molar-refractivity contribution >= 4 is 11.9 Å². The van der Waals surface area contributed by atoms with Gasteiger partial charge in [0.15, 0.2) is 0 Å². The van der Waals surface area contributed by atoms with Crippen LogP contribution in [0.5, 0.6) is 11.5 Å². The number of hydrogen-bond acceptors (Lipinski definition) is 5. The number of hydrogen-bond donors (Lipinski definition) is 0. The molecule has 0 heterocycles. The minimum Gasteiger partial charge on any atom is -0.497 e. The molecule has 0 amide bonds. The fourth-order valence-electron chi connectivity index (χ4n) is 1.23. The molecule has 20 heavy (non-hydrogen) atoms. The molecule has 0 aliphatic rings. The Morgan fingerprint density at radius 1 is 1.05 bits per heavy atom. The van der Waals surface area contributed by atoms with Crippen molar-refractivity contribution in [3.05, 3.63) is 36.4 Å². The first-order valence-corrected chi connectivity index (χ1v) is 6.22. The number of ether oxygens (including phenoxy) is 3. The van der Waals surface area contributed by atoms with Crippen LogP contribution in [0, 0.1) is 5.92 Å². The van der Waals surface area contributed by atoms with Gasteiger partial charge >= 0.3 is 11.9 Å². The summed E-state index contributed by atoms with van der Waals surface area (Å²) in [7, 11) is 1.55. The van der Waals surface area contributed by atoms with Gasteiger partial charge in [0.05, 0.1) is 13.7 Å². The van der Waals surface area contributed by atoms with Crippen LogP contribution in [0.3, 0.4) is 0 Å². The molecular formula is C15H18O5. The SMILES string of the molecule is COc1ccc(OC(=O)/C=C/C(=O)OCC(C)C)cc1. The Morgan fingerprint density at radius 3 is 2.15 bits per heavy atom. The molecule has 108 valence electrons. The monoisotopic (exact) mass is 278 g/mol. The van der Waals surface area contributed by atoms with Crippen molar-refractivity contribution in [2.75, 3.05) is 13.7 Å². The molecule has 0 saturated carbocycles. The highest BCUT2D eigenvalue weighted by atomic mass is 16.5. The number of carbonyl (C=O) groups excluding carboxylic acids is 2. The third-order valence-electron chi connectivity index (χ3n) is 2.19. The van der Waals surface area contributed by atoms with Gasteiger partial charge in [-0.05, 0) is 30.2 Å². The van der Waals surface area contributed by atoms with Crippen molar-refractivity contribution in [3.63, 3.8) is 0 Å². The standard InChI is InChI=1S/C15H18O5/c1-11(2)10-19-14(16)8-9-15(17)20-13-6-4-12(18-3)5-7-13/h4-9,11H,10H2,1-3H3/b9-8+. The molecule has 0 aliphatic heterocycles. The summed E-state index contributed by atoms with van der Waals surface area (Å²) in [4.78, 5) is 22.7. The van der Waals surface area contributed by atoms with E-state index in [4.69, 9.17) is 14.2 Å². The Balaban J connectivity index is 2.44. The number of methoxy groups -OCH3 is 1. The third-order valence-corrected chi connectivity index (χ3v) is 2.19. The molecule has 1 aromatic carbocycles. The van der Waals surface area contributed by atoms with E-state index in [1.54, 1.807) is 31.4 Å². The molecule has 0 atom stereocenters. The quantitative estimate of drug-likeness (QED) is 0.454. The Hall–Kier alpha value is -2.30. The minimum atomic E-state index is -0.642. The van der Waals surface area contributed by atoms with Crippen LogP contribution in [0.4, 0.5) is 0 Å². The topological polar surface area (TPSA) is 61.8 Å². The largest absolute Gasteiger partial charge is 0.497 e. The van der Waals surface area contributed by atoms with Crippen LogP contribution in [0.2, 0.25) is 0 Å². The Bertz CT molecular complexity index is 474.